The number of benzene rings is 3. The summed E-state index contributed by atoms with van der Waals surface area (Å²) < 4.78 is 39.3. The molecule has 1 N–H and O–H groups in total. The molecule has 0 aliphatic carbocycles. The molecular weight excluding hydrogens is 503 g/mol. The highest BCUT2D eigenvalue weighted by molar-refractivity contribution is 6.09. The van der Waals surface area contributed by atoms with Crippen LogP contribution in [0.15, 0.2) is 79.0 Å². The van der Waals surface area contributed by atoms with Crippen molar-refractivity contribution < 1.29 is 22.8 Å². The van der Waals surface area contributed by atoms with Crippen LogP contribution in [0.1, 0.15) is 38.3 Å². The van der Waals surface area contributed by atoms with E-state index in [0.717, 1.165) is 34.5 Å². The average Bonchev–Trinajstić information content (AvgIpc) is 3.34. The van der Waals surface area contributed by atoms with Crippen molar-refractivity contribution in [3.05, 3.63) is 113 Å². The fourth-order valence-corrected chi connectivity index (χ4v) is 4.89. The lowest BCUT2D eigenvalue weighted by Crippen LogP contribution is -2.30. The van der Waals surface area contributed by atoms with Gasteiger partial charge in [-0.15, -0.1) is 0 Å². The molecule has 8 heteroatoms. The lowest BCUT2D eigenvalue weighted by atomic mass is 9.91. The molecule has 0 saturated carbocycles. The first-order chi connectivity index (χ1) is 18.6. The maximum Gasteiger partial charge on any atom is 0.416 e. The van der Waals surface area contributed by atoms with Crippen molar-refractivity contribution in [3.63, 3.8) is 0 Å². The first-order valence-electron chi connectivity index (χ1n) is 12.5. The molecule has 1 aliphatic heterocycles. The predicted molar refractivity (Wildman–Crippen MR) is 145 cm³/mol. The Morgan fingerprint density at radius 2 is 1.74 bits per heavy atom. The summed E-state index contributed by atoms with van der Waals surface area (Å²) in [5.41, 5.74) is 5.54. The van der Waals surface area contributed by atoms with E-state index in [1.807, 2.05) is 44.2 Å². The zero-order chi connectivity index (χ0) is 27.7. The Bertz CT molecular complexity index is 1550. The third-order valence-electron chi connectivity index (χ3n) is 7.07. The Morgan fingerprint density at radius 3 is 2.44 bits per heavy atom. The zero-order valence-corrected chi connectivity index (χ0v) is 21.5. The minimum atomic E-state index is -4.44. The third-order valence-corrected chi connectivity index (χ3v) is 7.07. The average molecular weight is 530 g/mol. The highest BCUT2D eigenvalue weighted by Gasteiger charge is 2.30. The van der Waals surface area contributed by atoms with Crippen LogP contribution in [0.5, 0.6) is 0 Å². The number of hydrogen-bond donors (Lipinski definition) is 1. The van der Waals surface area contributed by atoms with Crippen LogP contribution in [0.2, 0.25) is 0 Å². The molecule has 5 rings (SSSR count). The van der Waals surface area contributed by atoms with E-state index in [2.05, 4.69) is 10.3 Å². The molecule has 0 atom stereocenters. The molecule has 4 aromatic rings. The van der Waals surface area contributed by atoms with Gasteiger partial charge >= 0.3 is 6.18 Å². The van der Waals surface area contributed by atoms with E-state index in [1.54, 1.807) is 29.3 Å². The predicted octanol–water partition coefficient (Wildman–Crippen LogP) is 6.77. The van der Waals surface area contributed by atoms with Crippen LogP contribution < -0.4 is 10.2 Å². The standard InChI is InChI=1S/C31H26F3N3O2/c1-19-6-12-26(29(20(19)2)21-7-9-23(10-8-21)31(32,33)34)30(39)36-25-11-13-27-22(17-25)14-16-37(27)28(38)18-24-5-3-4-15-35-24/h3-13,15,17H,14,16,18H2,1-2H3,(H,36,39). The molecule has 0 unspecified atom stereocenters. The van der Waals surface area contributed by atoms with Crippen LogP contribution in [0.4, 0.5) is 24.5 Å². The quantitative estimate of drug-likeness (QED) is 0.310. The number of alkyl halides is 3. The molecule has 39 heavy (non-hydrogen) atoms. The van der Waals surface area contributed by atoms with Gasteiger partial charge in [0.15, 0.2) is 0 Å². The van der Waals surface area contributed by atoms with Gasteiger partial charge in [-0.25, -0.2) is 0 Å². The van der Waals surface area contributed by atoms with Gasteiger partial charge in [0, 0.05) is 35.4 Å². The molecule has 5 nitrogen and oxygen atoms in total. The van der Waals surface area contributed by atoms with Crippen LogP contribution in [0.25, 0.3) is 11.1 Å². The maximum atomic E-state index is 13.4. The van der Waals surface area contributed by atoms with E-state index in [4.69, 9.17) is 0 Å². The second-order valence-corrected chi connectivity index (χ2v) is 9.60. The topological polar surface area (TPSA) is 62.3 Å². The summed E-state index contributed by atoms with van der Waals surface area (Å²) in [6, 6.07) is 19.3. The fraction of sp³-hybridized carbons (Fsp3) is 0.194. The number of rotatable bonds is 5. The van der Waals surface area contributed by atoms with Crippen molar-refractivity contribution in [1.29, 1.82) is 0 Å². The van der Waals surface area contributed by atoms with Gasteiger partial charge < -0.3 is 10.2 Å². The second kappa shape index (κ2) is 10.4. The number of aryl methyl sites for hydroxylation is 1. The van der Waals surface area contributed by atoms with Crippen LogP contribution in [0, 0.1) is 13.8 Å². The molecule has 1 aromatic heterocycles. The summed E-state index contributed by atoms with van der Waals surface area (Å²) in [4.78, 5) is 32.3. The Balaban J connectivity index is 1.38. The molecule has 198 valence electrons. The van der Waals surface area contributed by atoms with Crippen molar-refractivity contribution in [2.24, 2.45) is 0 Å². The monoisotopic (exact) mass is 529 g/mol. The molecule has 3 aromatic carbocycles. The first kappa shape index (κ1) is 26.2. The van der Waals surface area contributed by atoms with Crippen LogP contribution >= 0.6 is 0 Å². The molecule has 0 fully saturated rings. The maximum absolute atomic E-state index is 13.4. The van der Waals surface area contributed by atoms with Gasteiger partial charge in [0.1, 0.15) is 0 Å². The van der Waals surface area contributed by atoms with Crippen molar-refractivity contribution in [2.45, 2.75) is 32.9 Å². The van der Waals surface area contributed by atoms with Crippen LogP contribution in [-0.2, 0) is 23.8 Å². The summed E-state index contributed by atoms with van der Waals surface area (Å²) in [7, 11) is 0. The second-order valence-electron chi connectivity index (χ2n) is 9.60. The van der Waals surface area contributed by atoms with Crippen molar-refractivity contribution in [3.8, 4) is 11.1 Å². The number of anilines is 2. The van der Waals surface area contributed by atoms with E-state index in [0.29, 0.717) is 41.0 Å². The molecule has 0 spiro atoms. The third kappa shape index (κ3) is 5.41. The molecule has 0 saturated heterocycles. The van der Waals surface area contributed by atoms with Gasteiger partial charge in [0.2, 0.25) is 5.91 Å². The minimum absolute atomic E-state index is 0.0412. The van der Waals surface area contributed by atoms with Gasteiger partial charge in [-0.1, -0.05) is 24.3 Å². The van der Waals surface area contributed by atoms with E-state index in [-0.39, 0.29) is 18.2 Å². The molecule has 2 amide bonds. The van der Waals surface area contributed by atoms with Gasteiger partial charge in [-0.2, -0.15) is 13.2 Å². The summed E-state index contributed by atoms with van der Waals surface area (Å²) in [5.74, 6) is -0.408. The lowest BCUT2D eigenvalue weighted by Gasteiger charge is -2.18. The molecular formula is C31H26F3N3O2. The van der Waals surface area contributed by atoms with Gasteiger partial charge in [-0.3, -0.25) is 14.6 Å². The molecule has 2 heterocycles. The number of nitrogens with zero attached hydrogens (tertiary/aromatic N) is 2. The van der Waals surface area contributed by atoms with E-state index in [9.17, 15) is 22.8 Å². The Kier molecular flexibility index (Phi) is 6.95. The lowest BCUT2D eigenvalue weighted by molar-refractivity contribution is -0.137. The Labute approximate surface area is 224 Å². The van der Waals surface area contributed by atoms with Crippen LogP contribution in [-0.4, -0.2) is 23.3 Å². The number of pyridine rings is 1. The zero-order valence-electron chi connectivity index (χ0n) is 21.5. The Hall–Kier alpha value is -4.46. The highest BCUT2D eigenvalue weighted by Crippen LogP contribution is 2.35. The largest absolute Gasteiger partial charge is 0.416 e. The summed E-state index contributed by atoms with van der Waals surface area (Å²) >= 11 is 0. The number of carbonyl (C=O) groups excluding carboxylic acids is 2. The number of carbonyl (C=O) groups is 2. The molecule has 0 bridgehead atoms. The number of nitrogens with one attached hydrogen (secondary N) is 1. The number of aromatic nitrogens is 1. The van der Waals surface area contributed by atoms with Gasteiger partial charge in [-0.05, 0) is 96.6 Å². The van der Waals surface area contributed by atoms with Crippen molar-refractivity contribution in [1.82, 2.24) is 4.98 Å². The number of amides is 2. The molecule has 0 radical (unpaired) electrons. The number of hydrogen-bond acceptors (Lipinski definition) is 3. The normalized spacial score (nSPS) is 12.8. The summed E-state index contributed by atoms with van der Waals surface area (Å²) in [6.07, 6.45) is -1.91. The summed E-state index contributed by atoms with van der Waals surface area (Å²) in [5, 5.41) is 2.93. The number of halogens is 3. The van der Waals surface area contributed by atoms with E-state index >= 15 is 0 Å². The van der Waals surface area contributed by atoms with Gasteiger partial charge in [0.25, 0.3) is 5.91 Å². The highest BCUT2D eigenvalue weighted by atomic mass is 19.4. The summed E-state index contributed by atoms with van der Waals surface area (Å²) in [6.45, 7) is 4.30. The van der Waals surface area contributed by atoms with Gasteiger partial charge in [0.05, 0.1) is 12.0 Å². The Morgan fingerprint density at radius 1 is 0.974 bits per heavy atom. The fourth-order valence-electron chi connectivity index (χ4n) is 4.89. The van der Waals surface area contributed by atoms with Crippen molar-refractivity contribution in [2.75, 3.05) is 16.8 Å². The SMILES string of the molecule is Cc1ccc(C(=O)Nc2ccc3c(c2)CCN3C(=O)Cc2ccccn2)c(-c2ccc(C(F)(F)F)cc2)c1C. The molecule has 1 aliphatic rings. The minimum Gasteiger partial charge on any atom is -0.322 e. The van der Waals surface area contributed by atoms with E-state index < -0.39 is 11.7 Å². The first-order valence-corrected chi connectivity index (χ1v) is 12.5. The van der Waals surface area contributed by atoms with Crippen molar-refractivity contribution >= 4 is 23.2 Å². The smallest absolute Gasteiger partial charge is 0.322 e. The van der Waals surface area contributed by atoms with Crippen LogP contribution in [0.3, 0.4) is 0 Å². The van der Waals surface area contributed by atoms with E-state index in [1.165, 1.54) is 12.1 Å². The number of fused-ring (bicyclic) bond motifs is 1.